The molecule has 0 aliphatic heterocycles. The quantitative estimate of drug-likeness (QED) is 0.911. The monoisotopic (exact) mass is 290 g/mol. The fraction of sp³-hybridized carbons (Fsp3) is 0.0714. The highest BCUT2D eigenvalue weighted by Gasteiger charge is 2.12. The minimum atomic E-state index is -1.11. The number of rotatable bonds is 3. The molecule has 5 nitrogen and oxygen atoms in total. The summed E-state index contributed by atoms with van der Waals surface area (Å²) in [6, 6.07) is 7.55. The Bertz CT molecular complexity index is 686. The molecule has 20 heavy (non-hydrogen) atoms. The summed E-state index contributed by atoms with van der Waals surface area (Å²) in [5.41, 5.74) is 1.47. The third kappa shape index (κ3) is 2.95. The first-order valence-corrected chi connectivity index (χ1v) is 6.12. The zero-order valence-corrected chi connectivity index (χ0v) is 11.3. The standard InChI is InChI=1S/C14H11ClN2O3/c1-8-10(3-2-6-16-8)13(18)17-9-4-5-11(14(19)20)12(15)7-9/h2-7H,1H3,(H,17,18)(H,19,20). The lowest BCUT2D eigenvalue weighted by molar-refractivity contribution is 0.0697. The maximum atomic E-state index is 12.1. The lowest BCUT2D eigenvalue weighted by Gasteiger charge is -2.08. The molecule has 1 aromatic carbocycles. The highest BCUT2D eigenvalue weighted by molar-refractivity contribution is 6.33. The number of carboxylic acids is 1. The van der Waals surface area contributed by atoms with Crippen molar-refractivity contribution in [1.82, 2.24) is 4.98 Å². The average Bonchev–Trinajstić information content (AvgIpc) is 2.38. The maximum absolute atomic E-state index is 12.1. The summed E-state index contributed by atoms with van der Waals surface area (Å²) in [6.45, 7) is 1.73. The van der Waals surface area contributed by atoms with Gasteiger partial charge in [0, 0.05) is 17.6 Å². The molecule has 2 N–H and O–H groups in total. The molecule has 0 radical (unpaired) electrons. The van der Waals surface area contributed by atoms with Gasteiger partial charge in [-0.3, -0.25) is 9.78 Å². The minimum Gasteiger partial charge on any atom is -0.478 e. The SMILES string of the molecule is Cc1ncccc1C(=O)Nc1ccc(C(=O)O)c(Cl)c1. The number of benzene rings is 1. The summed E-state index contributed by atoms with van der Waals surface area (Å²) in [5, 5.41) is 11.6. The molecule has 0 saturated heterocycles. The van der Waals surface area contributed by atoms with Crippen molar-refractivity contribution in [3.8, 4) is 0 Å². The Labute approximate surface area is 120 Å². The van der Waals surface area contributed by atoms with E-state index in [0.717, 1.165) is 0 Å². The topological polar surface area (TPSA) is 79.3 Å². The summed E-state index contributed by atoms with van der Waals surface area (Å²) >= 11 is 5.84. The van der Waals surface area contributed by atoms with Gasteiger partial charge in [-0.15, -0.1) is 0 Å². The van der Waals surface area contributed by atoms with Gasteiger partial charge in [-0.25, -0.2) is 4.79 Å². The summed E-state index contributed by atoms with van der Waals surface area (Å²) in [6.07, 6.45) is 1.60. The van der Waals surface area contributed by atoms with Gasteiger partial charge in [-0.2, -0.15) is 0 Å². The molecule has 2 rings (SSSR count). The lowest BCUT2D eigenvalue weighted by atomic mass is 10.1. The fourth-order valence-electron chi connectivity index (χ4n) is 1.69. The van der Waals surface area contributed by atoms with E-state index in [1.54, 1.807) is 25.3 Å². The summed E-state index contributed by atoms with van der Waals surface area (Å²) < 4.78 is 0. The first kappa shape index (κ1) is 14.0. The van der Waals surface area contributed by atoms with Gasteiger partial charge in [0.15, 0.2) is 0 Å². The van der Waals surface area contributed by atoms with Crippen molar-refractivity contribution in [1.29, 1.82) is 0 Å². The Morgan fingerprint density at radius 1 is 1.25 bits per heavy atom. The second-order valence-corrected chi connectivity index (χ2v) is 4.50. The molecule has 0 bridgehead atoms. The van der Waals surface area contributed by atoms with Gasteiger partial charge < -0.3 is 10.4 Å². The molecule has 0 aliphatic carbocycles. The van der Waals surface area contributed by atoms with Gasteiger partial charge in [-0.05, 0) is 37.3 Å². The van der Waals surface area contributed by atoms with E-state index in [0.29, 0.717) is 16.9 Å². The first-order valence-electron chi connectivity index (χ1n) is 5.75. The molecule has 1 heterocycles. The zero-order chi connectivity index (χ0) is 14.7. The van der Waals surface area contributed by atoms with Gasteiger partial charge in [0.05, 0.1) is 16.1 Å². The number of nitrogens with zero attached hydrogens (tertiary/aromatic N) is 1. The Kier molecular flexibility index (Phi) is 4.00. The summed E-state index contributed by atoms with van der Waals surface area (Å²) in [4.78, 5) is 26.9. The maximum Gasteiger partial charge on any atom is 0.337 e. The highest BCUT2D eigenvalue weighted by atomic mass is 35.5. The van der Waals surface area contributed by atoms with Gasteiger partial charge in [0.25, 0.3) is 5.91 Å². The van der Waals surface area contributed by atoms with E-state index in [9.17, 15) is 9.59 Å². The Morgan fingerprint density at radius 3 is 2.60 bits per heavy atom. The molecule has 0 saturated carbocycles. The van der Waals surface area contributed by atoms with Crippen LogP contribution in [0.2, 0.25) is 5.02 Å². The largest absolute Gasteiger partial charge is 0.478 e. The molecular weight excluding hydrogens is 280 g/mol. The van der Waals surface area contributed by atoms with Crippen LogP contribution in [0.15, 0.2) is 36.5 Å². The van der Waals surface area contributed by atoms with Crippen LogP contribution in [-0.4, -0.2) is 22.0 Å². The van der Waals surface area contributed by atoms with Gasteiger partial charge in [0.2, 0.25) is 0 Å². The number of carbonyl (C=O) groups excluding carboxylic acids is 1. The molecule has 0 spiro atoms. The van der Waals surface area contributed by atoms with Crippen molar-refractivity contribution in [2.45, 2.75) is 6.92 Å². The number of halogens is 1. The van der Waals surface area contributed by atoms with E-state index < -0.39 is 5.97 Å². The molecular formula is C14H11ClN2O3. The molecule has 0 unspecified atom stereocenters. The summed E-state index contributed by atoms with van der Waals surface area (Å²) in [5.74, 6) is -1.44. The van der Waals surface area contributed by atoms with Crippen molar-refractivity contribution in [3.63, 3.8) is 0 Å². The minimum absolute atomic E-state index is 0.0118. The van der Waals surface area contributed by atoms with Crippen LogP contribution in [0.5, 0.6) is 0 Å². The molecule has 0 fully saturated rings. The number of aromatic nitrogens is 1. The van der Waals surface area contributed by atoms with E-state index in [-0.39, 0.29) is 16.5 Å². The predicted octanol–water partition coefficient (Wildman–Crippen LogP) is 2.99. The second-order valence-electron chi connectivity index (χ2n) is 4.09. The first-order chi connectivity index (χ1) is 9.49. The molecule has 2 aromatic rings. The number of aromatic carboxylic acids is 1. The van der Waals surface area contributed by atoms with Gasteiger partial charge in [0.1, 0.15) is 0 Å². The van der Waals surface area contributed by atoms with Crippen molar-refractivity contribution in [3.05, 3.63) is 58.4 Å². The normalized spacial score (nSPS) is 10.1. The number of hydrogen-bond acceptors (Lipinski definition) is 3. The van der Waals surface area contributed by atoms with E-state index in [1.165, 1.54) is 18.2 Å². The number of carbonyl (C=O) groups is 2. The van der Waals surface area contributed by atoms with Crippen LogP contribution in [0.25, 0.3) is 0 Å². The number of amides is 1. The van der Waals surface area contributed by atoms with Crippen molar-refractivity contribution < 1.29 is 14.7 Å². The Morgan fingerprint density at radius 2 is 2.00 bits per heavy atom. The molecule has 1 amide bonds. The smallest absolute Gasteiger partial charge is 0.337 e. The van der Waals surface area contributed by atoms with E-state index in [2.05, 4.69) is 10.3 Å². The Hall–Kier alpha value is -2.40. The van der Waals surface area contributed by atoms with Crippen molar-refractivity contribution in [2.24, 2.45) is 0 Å². The second kappa shape index (κ2) is 5.71. The Balaban J connectivity index is 2.23. The number of hydrogen-bond donors (Lipinski definition) is 2. The highest BCUT2D eigenvalue weighted by Crippen LogP contribution is 2.21. The third-order valence-corrected chi connectivity index (χ3v) is 3.02. The molecule has 102 valence electrons. The lowest BCUT2D eigenvalue weighted by Crippen LogP contribution is -2.14. The van der Waals surface area contributed by atoms with E-state index in [1.807, 2.05) is 0 Å². The number of anilines is 1. The summed E-state index contributed by atoms with van der Waals surface area (Å²) in [7, 11) is 0. The third-order valence-electron chi connectivity index (χ3n) is 2.71. The molecule has 1 aromatic heterocycles. The zero-order valence-electron chi connectivity index (χ0n) is 10.6. The van der Waals surface area contributed by atoms with Crippen LogP contribution in [-0.2, 0) is 0 Å². The number of pyridine rings is 1. The van der Waals surface area contributed by atoms with Crippen LogP contribution in [0.3, 0.4) is 0 Å². The van der Waals surface area contributed by atoms with Crippen LogP contribution < -0.4 is 5.32 Å². The average molecular weight is 291 g/mol. The van der Waals surface area contributed by atoms with Crippen LogP contribution in [0.4, 0.5) is 5.69 Å². The molecule has 0 aliphatic rings. The number of aryl methyl sites for hydroxylation is 1. The van der Waals surface area contributed by atoms with Crippen LogP contribution in [0, 0.1) is 6.92 Å². The fourth-order valence-corrected chi connectivity index (χ4v) is 1.95. The van der Waals surface area contributed by atoms with Gasteiger partial charge in [-0.1, -0.05) is 11.6 Å². The number of nitrogens with one attached hydrogen (secondary N) is 1. The van der Waals surface area contributed by atoms with Crippen molar-refractivity contribution >= 4 is 29.2 Å². The number of carboxylic acid groups (broad SMARTS) is 1. The van der Waals surface area contributed by atoms with E-state index in [4.69, 9.17) is 16.7 Å². The molecule has 6 heteroatoms. The van der Waals surface area contributed by atoms with Crippen molar-refractivity contribution in [2.75, 3.05) is 5.32 Å². The molecule has 0 atom stereocenters. The van der Waals surface area contributed by atoms with Crippen LogP contribution in [0.1, 0.15) is 26.4 Å². The van der Waals surface area contributed by atoms with Crippen LogP contribution >= 0.6 is 11.6 Å². The van der Waals surface area contributed by atoms with E-state index >= 15 is 0 Å². The van der Waals surface area contributed by atoms with Gasteiger partial charge >= 0.3 is 5.97 Å². The predicted molar refractivity (Wildman–Crippen MR) is 75.3 cm³/mol.